The van der Waals surface area contributed by atoms with Crippen LogP contribution in [0.2, 0.25) is 0 Å². The average Bonchev–Trinajstić information content (AvgIpc) is 3.20. The smallest absolute Gasteiger partial charge is 0.274 e. The van der Waals surface area contributed by atoms with E-state index in [0.717, 1.165) is 33.0 Å². The van der Waals surface area contributed by atoms with Crippen molar-refractivity contribution in [2.75, 3.05) is 19.7 Å². The van der Waals surface area contributed by atoms with E-state index in [0.29, 0.717) is 36.7 Å². The van der Waals surface area contributed by atoms with Gasteiger partial charge in [-0.05, 0) is 44.0 Å². The maximum Gasteiger partial charge on any atom is 0.274 e. The number of hydrogen-bond donors (Lipinski definition) is 1. The van der Waals surface area contributed by atoms with Gasteiger partial charge in [-0.2, -0.15) is 0 Å². The molecule has 6 nitrogen and oxygen atoms in total. The molecule has 2 aliphatic rings. The number of rotatable bonds is 5. The van der Waals surface area contributed by atoms with Gasteiger partial charge in [-0.15, -0.1) is 11.3 Å². The van der Waals surface area contributed by atoms with Crippen molar-refractivity contribution in [2.24, 2.45) is 0 Å². The van der Waals surface area contributed by atoms with Crippen molar-refractivity contribution < 1.29 is 14.3 Å². The Hall–Kier alpha value is -3.45. The van der Waals surface area contributed by atoms with E-state index < -0.39 is 0 Å². The molecule has 3 heterocycles. The number of nitrogens with one attached hydrogen (secondary N) is 1. The topological polar surface area (TPSA) is 71.5 Å². The number of fused-ring (bicyclic) bond motifs is 1. The van der Waals surface area contributed by atoms with Gasteiger partial charge >= 0.3 is 0 Å². The van der Waals surface area contributed by atoms with Gasteiger partial charge in [-0.25, -0.2) is 4.98 Å². The molecule has 2 aliphatic heterocycles. The lowest BCUT2D eigenvalue weighted by Gasteiger charge is -2.40. The number of aromatic nitrogens is 1. The molecule has 1 atom stereocenters. The lowest BCUT2D eigenvalue weighted by atomic mass is 10.0. The average molecular weight is 460 g/mol. The van der Waals surface area contributed by atoms with Gasteiger partial charge in [0.15, 0.2) is 0 Å². The molecule has 0 aliphatic carbocycles. The van der Waals surface area contributed by atoms with Crippen molar-refractivity contribution in [3.05, 3.63) is 75.9 Å². The van der Waals surface area contributed by atoms with E-state index in [1.165, 1.54) is 11.3 Å². The summed E-state index contributed by atoms with van der Waals surface area (Å²) in [4.78, 5) is 33.5. The molecular weight excluding hydrogens is 434 g/mol. The van der Waals surface area contributed by atoms with Crippen molar-refractivity contribution in [2.45, 2.75) is 26.3 Å². The van der Waals surface area contributed by atoms with E-state index >= 15 is 0 Å². The monoisotopic (exact) mass is 459 g/mol. The first-order valence-electron chi connectivity index (χ1n) is 11.1. The SMILES string of the molecule is Cc1cccc(-c2sc(C)nc2C(=O)N2CCC2CNC(=O)c2cccc3c2C=CCO3)c1. The van der Waals surface area contributed by atoms with Gasteiger partial charge in [0, 0.05) is 18.7 Å². The van der Waals surface area contributed by atoms with Gasteiger partial charge in [0.1, 0.15) is 18.1 Å². The van der Waals surface area contributed by atoms with Gasteiger partial charge in [-0.3, -0.25) is 9.59 Å². The summed E-state index contributed by atoms with van der Waals surface area (Å²) in [5.41, 5.74) is 4.03. The van der Waals surface area contributed by atoms with E-state index in [1.807, 2.05) is 61.2 Å². The Morgan fingerprint density at radius 2 is 2.06 bits per heavy atom. The number of aryl methyl sites for hydroxylation is 2. The van der Waals surface area contributed by atoms with Gasteiger partial charge in [0.05, 0.1) is 21.5 Å². The molecule has 168 valence electrons. The van der Waals surface area contributed by atoms with E-state index in [4.69, 9.17) is 4.74 Å². The van der Waals surface area contributed by atoms with E-state index in [2.05, 4.69) is 16.4 Å². The predicted molar refractivity (Wildman–Crippen MR) is 130 cm³/mol. The van der Waals surface area contributed by atoms with Crippen LogP contribution in [0.25, 0.3) is 16.5 Å². The quantitative estimate of drug-likeness (QED) is 0.611. The van der Waals surface area contributed by atoms with Crippen LogP contribution in [-0.2, 0) is 0 Å². The summed E-state index contributed by atoms with van der Waals surface area (Å²) in [6.45, 7) is 5.55. The molecule has 2 amide bonds. The summed E-state index contributed by atoms with van der Waals surface area (Å²) in [6, 6.07) is 13.6. The highest BCUT2D eigenvalue weighted by molar-refractivity contribution is 7.15. The third-order valence-electron chi connectivity index (χ3n) is 6.05. The molecule has 3 aromatic rings. The van der Waals surface area contributed by atoms with E-state index in [-0.39, 0.29) is 17.9 Å². The second-order valence-electron chi connectivity index (χ2n) is 8.36. The number of ether oxygens (including phenoxy) is 1. The van der Waals surface area contributed by atoms with Crippen LogP contribution >= 0.6 is 11.3 Å². The normalized spacial score (nSPS) is 16.5. The van der Waals surface area contributed by atoms with Crippen LogP contribution in [0.4, 0.5) is 0 Å². The number of carbonyl (C=O) groups excluding carboxylic acids is 2. The fraction of sp³-hybridized carbons (Fsp3) is 0.269. The Kier molecular flexibility index (Phi) is 5.72. The second kappa shape index (κ2) is 8.83. The first-order chi connectivity index (χ1) is 16.0. The molecule has 1 aromatic heterocycles. The summed E-state index contributed by atoms with van der Waals surface area (Å²) in [5, 5.41) is 3.87. The second-order valence-corrected chi connectivity index (χ2v) is 9.57. The zero-order valence-electron chi connectivity index (χ0n) is 18.6. The van der Waals surface area contributed by atoms with Crippen molar-refractivity contribution in [3.8, 4) is 16.2 Å². The number of carbonyl (C=O) groups is 2. The van der Waals surface area contributed by atoms with Gasteiger partial charge < -0.3 is 15.0 Å². The molecule has 5 rings (SSSR count). The first-order valence-corrected chi connectivity index (χ1v) is 11.9. The van der Waals surface area contributed by atoms with Crippen LogP contribution < -0.4 is 10.1 Å². The third-order valence-corrected chi connectivity index (χ3v) is 7.07. The number of benzene rings is 2. The zero-order valence-corrected chi connectivity index (χ0v) is 19.4. The summed E-state index contributed by atoms with van der Waals surface area (Å²) >= 11 is 1.54. The molecule has 1 saturated heterocycles. The molecule has 1 fully saturated rings. The van der Waals surface area contributed by atoms with Crippen molar-refractivity contribution in [1.82, 2.24) is 15.2 Å². The molecular formula is C26H25N3O3S. The van der Waals surface area contributed by atoms with Gasteiger partial charge in [-0.1, -0.05) is 42.0 Å². The molecule has 33 heavy (non-hydrogen) atoms. The van der Waals surface area contributed by atoms with Gasteiger partial charge in [0.2, 0.25) is 0 Å². The van der Waals surface area contributed by atoms with Crippen LogP contribution in [0.1, 0.15) is 43.4 Å². The number of thiazole rings is 1. The van der Waals surface area contributed by atoms with Crippen molar-refractivity contribution >= 4 is 29.2 Å². The Morgan fingerprint density at radius 3 is 2.85 bits per heavy atom. The Labute approximate surface area is 196 Å². The van der Waals surface area contributed by atoms with Crippen molar-refractivity contribution in [1.29, 1.82) is 0 Å². The first kappa shape index (κ1) is 21.4. The molecule has 2 aromatic carbocycles. The summed E-state index contributed by atoms with van der Waals surface area (Å²) in [5.74, 6) is 0.481. The molecule has 1 unspecified atom stereocenters. The highest BCUT2D eigenvalue weighted by Crippen LogP contribution is 2.33. The largest absolute Gasteiger partial charge is 0.489 e. The highest BCUT2D eigenvalue weighted by atomic mass is 32.1. The lowest BCUT2D eigenvalue weighted by Crippen LogP contribution is -2.56. The Bertz CT molecular complexity index is 1260. The fourth-order valence-electron chi connectivity index (χ4n) is 4.26. The number of hydrogen-bond acceptors (Lipinski definition) is 5. The van der Waals surface area contributed by atoms with Crippen LogP contribution in [0, 0.1) is 13.8 Å². The minimum absolute atomic E-state index is 0.0415. The maximum atomic E-state index is 13.4. The maximum absolute atomic E-state index is 13.4. The van der Waals surface area contributed by atoms with E-state index in [9.17, 15) is 9.59 Å². The van der Waals surface area contributed by atoms with Crippen molar-refractivity contribution in [3.63, 3.8) is 0 Å². The van der Waals surface area contributed by atoms with Crippen LogP contribution in [0.15, 0.2) is 48.5 Å². The van der Waals surface area contributed by atoms with Crippen LogP contribution in [0.3, 0.4) is 0 Å². The molecule has 1 N–H and O–H groups in total. The molecule has 7 heteroatoms. The highest BCUT2D eigenvalue weighted by Gasteiger charge is 2.35. The molecule has 0 radical (unpaired) electrons. The summed E-state index contributed by atoms with van der Waals surface area (Å²) in [6.07, 6.45) is 4.67. The lowest BCUT2D eigenvalue weighted by molar-refractivity contribution is 0.0451. The number of amides is 2. The zero-order chi connectivity index (χ0) is 22.9. The fourth-order valence-corrected chi connectivity index (χ4v) is 5.17. The number of nitrogens with zero attached hydrogens (tertiary/aromatic N) is 2. The van der Waals surface area contributed by atoms with E-state index in [1.54, 1.807) is 6.07 Å². The van der Waals surface area contributed by atoms with Crippen LogP contribution in [0.5, 0.6) is 5.75 Å². The number of likely N-dealkylation sites (tertiary alicyclic amines) is 1. The molecule has 0 saturated carbocycles. The predicted octanol–water partition coefficient (Wildman–Crippen LogP) is 4.48. The Balaban J connectivity index is 1.29. The summed E-state index contributed by atoms with van der Waals surface area (Å²) in [7, 11) is 0. The standard InChI is InChI=1S/C26H25N3O3S/c1-16-6-3-7-18(14-16)24-23(28-17(2)33-24)26(31)29-12-11-19(29)15-27-25(30)21-8-4-10-22-20(21)9-5-13-32-22/h3-10,14,19H,11-13,15H2,1-2H3,(H,27,30). The minimum atomic E-state index is -0.161. The van der Waals surface area contributed by atoms with Gasteiger partial charge in [0.25, 0.3) is 11.8 Å². The third kappa shape index (κ3) is 4.16. The minimum Gasteiger partial charge on any atom is -0.489 e. The van der Waals surface area contributed by atoms with Crippen LogP contribution in [-0.4, -0.2) is 47.4 Å². The molecule has 0 bridgehead atoms. The summed E-state index contributed by atoms with van der Waals surface area (Å²) < 4.78 is 5.60. The Morgan fingerprint density at radius 1 is 1.21 bits per heavy atom. The molecule has 0 spiro atoms.